The Morgan fingerprint density at radius 3 is 2.80 bits per heavy atom. The Morgan fingerprint density at radius 2 is 2.10 bits per heavy atom. The maximum atomic E-state index is 6.53. The maximum absolute atomic E-state index is 6.53. The lowest BCUT2D eigenvalue weighted by Gasteiger charge is -2.27. The van der Waals surface area contributed by atoms with E-state index in [0.717, 1.165) is 28.4 Å². The molecule has 1 aromatic heterocycles. The summed E-state index contributed by atoms with van der Waals surface area (Å²) >= 11 is 6.07. The molecule has 2 aromatic rings. The van der Waals surface area contributed by atoms with E-state index in [0.29, 0.717) is 5.92 Å². The molecule has 1 aromatic carbocycles. The monoisotopic (exact) mass is 291 g/mol. The Kier molecular flexibility index (Phi) is 3.99. The van der Waals surface area contributed by atoms with Crippen molar-refractivity contribution in [3.63, 3.8) is 0 Å². The van der Waals surface area contributed by atoms with E-state index >= 15 is 0 Å². The summed E-state index contributed by atoms with van der Waals surface area (Å²) in [6, 6.07) is 5.94. The second-order valence-electron chi connectivity index (χ2n) is 5.77. The average molecular weight is 292 g/mol. The molecule has 0 amide bonds. The lowest BCUT2D eigenvalue weighted by atomic mass is 9.84. The minimum atomic E-state index is 0.0430. The van der Waals surface area contributed by atoms with Gasteiger partial charge in [0.2, 0.25) is 0 Å². The number of fused-ring (bicyclic) bond motifs is 1. The van der Waals surface area contributed by atoms with Gasteiger partial charge >= 0.3 is 0 Å². The molecule has 1 fully saturated rings. The summed E-state index contributed by atoms with van der Waals surface area (Å²) in [5.74, 6) is 1.60. The number of rotatable bonds is 3. The molecule has 0 radical (unpaired) electrons. The van der Waals surface area contributed by atoms with Crippen LogP contribution in [0.5, 0.6) is 0 Å². The molecule has 1 aliphatic rings. The number of benzene rings is 1. The van der Waals surface area contributed by atoms with Crippen molar-refractivity contribution in [2.45, 2.75) is 51.6 Å². The molecule has 0 aliphatic heterocycles. The number of halogens is 1. The Morgan fingerprint density at radius 1 is 1.35 bits per heavy atom. The molecular formula is C16H22ClN3. The van der Waals surface area contributed by atoms with Crippen molar-refractivity contribution < 1.29 is 0 Å². The van der Waals surface area contributed by atoms with Gasteiger partial charge in [-0.1, -0.05) is 30.9 Å². The average Bonchev–Trinajstić information content (AvgIpc) is 2.84. The molecule has 3 rings (SSSR count). The number of aromatic nitrogens is 2. The van der Waals surface area contributed by atoms with Crippen LogP contribution in [0.4, 0.5) is 0 Å². The van der Waals surface area contributed by atoms with Crippen LogP contribution in [0.25, 0.3) is 11.0 Å². The Hall–Kier alpha value is -1.06. The number of hydrogen-bond donors (Lipinski definition) is 1. The standard InChI is InChI=1S/C16H22ClN3/c1-2-20-14-9-8-12(17)10-13(14)19-16(20)15(18)11-6-4-3-5-7-11/h8-11,15H,2-7,18H2,1H3. The second-order valence-corrected chi connectivity index (χ2v) is 6.21. The summed E-state index contributed by atoms with van der Waals surface area (Å²) in [5, 5.41) is 0.732. The van der Waals surface area contributed by atoms with Crippen LogP contribution in [0.1, 0.15) is 50.9 Å². The van der Waals surface area contributed by atoms with Crippen molar-refractivity contribution in [2.24, 2.45) is 11.7 Å². The Bertz CT molecular complexity index is 599. The molecule has 2 N–H and O–H groups in total. The molecule has 108 valence electrons. The van der Waals surface area contributed by atoms with Crippen LogP contribution in [0.3, 0.4) is 0 Å². The SMILES string of the molecule is CCn1c(C(N)C2CCCCC2)nc2cc(Cl)ccc21. The third-order valence-electron chi connectivity index (χ3n) is 4.51. The molecule has 1 unspecified atom stereocenters. The quantitative estimate of drug-likeness (QED) is 0.917. The van der Waals surface area contributed by atoms with Gasteiger partial charge in [0.05, 0.1) is 17.1 Å². The highest BCUT2D eigenvalue weighted by Crippen LogP contribution is 2.34. The van der Waals surface area contributed by atoms with Crippen molar-refractivity contribution in [3.8, 4) is 0 Å². The van der Waals surface area contributed by atoms with E-state index in [2.05, 4.69) is 11.5 Å². The van der Waals surface area contributed by atoms with Crippen LogP contribution < -0.4 is 5.73 Å². The van der Waals surface area contributed by atoms with Crippen molar-refractivity contribution >= 4 is 22.6 Å². The van der Waals surface area contributed by atoms with Crippen molar-refractivity contribution in [2.75, 3.05) is 0 Å². The van der Waals surface area contributed by atoms with Gasteiger partial charge in [-0.25, -0.2) is 4.98 Å². The molecule has 1 aliphatic carbocycles. The smallest absolute Gasteiger partial charge is 0.127 e. The van der Waals surface area contributed by atoms with Crippen molar-refractivity contribution in [1.29, 1.82) is 0 Å². The highest BCUT2D eigenvalue weighted by molar-refractivity contribution is 6.31. The number of hydrogen-bond acceptors (Lipinski definition) is 2. The van der Waals surface area contributed by atoms with E-state index in [4.69, 9.17) is 22.3 Å². The van der Waals surface area contributed by atoms with Gasteiger partial charge in [0, 0.05) is 11.6 Å². The number of nitrogens with zero attached hydrogens (tertiary/aromatic N) is 2. The van der Waals surface area contributed by atoms with Gasteiger partial charge in [0.1, 0.15) is 5.82 Å². The van der Waals surface area contributed by atoms with Crippen molar-refractivity contribution in [3.05, 3.63) is 29.0 Å². The minimum Gasteiger partial charge on any atom is -0.327 e. The molecule has 3 nitrogen and oxygen atoms in total. The van der Waals surface area contributed by atoms with E-state index < -0.39 is 0 Å². The lowest BCUT2D eigenvalue weighted by molar-refractivity contribution is 0.297. The first kappa shape index (κ1) is 13.9. The predicted molar refractivity (Wildman–Crippen MR) is 83.9 cm³/mol. The van der Waals surface area contributed by atoms with Gasteiger partial charge in [-0.15, -0.1) is 0 Å². The van der Waals surface area contributed by atoms with E-state index in [9.17, 15) is 0 Å². The number of aryl methyl sites for hydroxylation is 1. The first-order valence-electron chi connectivity index (χ1n) is 7.62. The fourth-order valence-corrected chi connectivity index (χ4v) is 3.58. The summed E-state index contributed by atoms with van der Waals surface area (Å²) in [4.78, 5) is 4.77. The van der Waals surface area contributed by atoms with Crippen LogP contribution in [0, 0.1) is 5.92 Å². The highest BCUT2D eigenvalue weighted by atomic mass is 35.5. The molecule has 1 saturated carbocycles. The first-order valence-corrected chi connectivity index (χ1v) is 7.99. The third-order valence-corrected chi connectivity index (χ3v) is 4.75. The number of imidazole rings is 1. The van der Waals surface area contributed by atoms with Gasteiger partial charge in [0.25, 0.3) is 0 Å². The van der Waals surface area contributed by atoms with Gasteiger partial charge < -0.3 is 10.3 Å². The summed E-state index contributed by atoms with van der Waals surface area (Å²) in [6.45, 7) is 3.04. The van der Waals surface area contributed by atoms with Gasteiger partial charge in [-0.05, 0) is 43.9 Å². The van der Waals surface area contributed by atoms with E-state index in [1.165, 1.54) is 32.1 Å². The van der Waals surface area contributed by atoms with Gasteiger partial charge in [-0.3, -0.25) is 0 Å². The summed E-state index contributed by atoms with van der Waals surface area (Å²) in [6.07, 6.45) is 6.42. The largest absolute Gasteiger partial charge is 0.327 e. The molecule has 1 heterocycles. The van der Waals surface area contributed by atoms with E-state index in [1.54, 1.807) is 0 Å². The highest BCUT2D eigenvalue weighted by Gasteiger charge is 2.26. The van der Waals surface area contributed by atoms with Crippen LogP contribution in [0.2, 0.25) is 5.02 Å². The Balaban J connectivity index is 2.01. The summed E-state index contributed by atoms with van der Waals surface area (Å²) in [7, 11) is 0. The van der Waals surface area contributed by atoms with E-state index in [-0.39, 0.29) is 6.04 Å². The summed E-state index contributed by atoms with van der Waals surface area (Å²) in [5.41, 5.74) is 8.63. The van der Waals surface area contributed by atoms with Crippen LogP contribution in [0.15, 0.2) is 18.2 Å². The van der Waals surface area contributed by atoms with Crippen molar-refractivity contribution in [1.82, 2.24) is 9.55 Å². The van der Waals surface area contributed by atoms with Crippen LogP contribution in [-0.4, -0.2) is 9.55 Å². The zero-order valence-corrected chi connectivity index (χ0v) is 12.7. The lowest BCUT2D eigenvalue weighted by Crippen LogP contribution is -2.26. The zero-order chi connectivity index (χ0) is 14.1. The van der Waals surface area contributed by atoms with E-state index in [1.807, 2.05) is 18.2 Å². The summed E-state index contributed by atoms with van der Waals surface area (Å²) < 4.78 is 2.24. The zero-order valence-electron chi connectivity index (χ0n) is 12.0. The van der Waals surface area contributed by atoms with Gasteiger partial charge in [0.15, 0.2) is 0 Å². The van der Waals surface area contributed by atoms with Crippen LogP contribution in [-0.2, 0) is 6.54 Å². The molecule has 0 spiro atoms. The third kappa shape index (κ3) is 2.45. The Labute approximate surface area is 125 Å². The first-order chi connectivity index (χ1) is 9.70. The number of nitrogens with two attached hydrogens (primary N) is 1. The van der Waals surface area contributed by atoms with Gasteiger partial charge in [-0.2, -0.15) is 0 Å². The maximum Gasteiger partial charge on any atom is 0.127 e. The molecular weight excluding hydrogens is 270 g/mol. The molecule has 1 atom stereocenters. The topological polar surface area (TPSA) is 43.8 Å². The molecule has 20 heavy (non-hydrogen) atoms. The fourth-order valence-electron chi connectivity index (χ4n) is 3.41. The molecule has 0 saturated heterocycles. The molecule has 4 heteroatoms. The fraction of sp³-hybridized carbons (Fsp3) is 0.562. The minimum absolute atomic E-state index is 0.0430. The second kappa shape index (κ2) is 5.74. The van der Waals surface area contributed by atoms with Crippen LogP contribution >= 0.6 is 11.6 Å². The predicted octanol–water partition coefficient (Wildman–Crippen LogP) is 4.29. The molecule has 0 bridgehead atoms. The normalized spacial score (nSPS) is 18.6.